The van der Waals surface area contributed by atoms with Gasteiger partial charge in [0.2, 0.25) is 15.9 Å². The molecular weight excluding hydrogens is 398 g/mol. The van der Waals surface area contributed by atoms with Gasteiger partial charge in [-0.3, -0.25) is 9.52 Å². The standard InChI is InChI=1S/C21H24F2N2O3S/c1-29(27,28)25-18-8-5-16(6-9-18)21(11-3-2-4-12-21)20(26)24-14-15-13-17(22)7-10-19(15)23/h5-10,13,25H,2-4,11-12,14H2,1H3,(H,24,26). The number of anilines is 1. The lowest BCUT2D eigenvalue weighted by molar-refractivity contribution is -0.128. The summed E-state index contributed by atoms with van der Waals surface area (Å²) in [6, 6.07) is 9.92. The lowest BCUT2D eigenvalue weighted by Crippen LogP contribution is -2.45. The van der Waals surface area contributed by atoms with Crippen LogP contribution in [0.2, 0.25) is 0 Å². The second kappa shape index (κ2) is 8.49. The van der Waals surface area contributed by atoms with Gasteiger partial charge in [0.15, 0.2) is 0 Å². The number of carbonyl (C=O) groups excluding carboxylic acids is 1. The molecule has 2 aromatic carbocycles. The fraction of sp³-hybridized carbons (Fsp3) is 0.381. The second-order valence-electron chi connectivity index (χ2n) is 7.51. The first kappa shape index (κ1) is 21.2. The third kappa shape index (κ3) is 5.12. The van der Waals surface area contributed by atoms with Crippen molar-refractivity contribution in [2.75, 3.05) is 11.0 Å². The number of carbonyl (C=O) groups is 1. The number of halogens is 2. The van der Waals surface area contributed by atoms with E-state index in [2.05, 4.69) is 10.0 Å². The van der Waals surface area contributed by atoms with E-state index in [1.807, 2.05) is 0 Å². The number of hydrogen-bond acceptors (Lipinski definition) is 3. The molecule has 3 rings (SSSR count). The van der Waals surface area contributed by atoms with Gasteiger partial charge >= 0.3 is 0 Å². The first-order chi connectivity index (χ1) is 13.7. The highest BCUT2D eigenvalue weighted by Gasteiger charge is 2.41. The fourth-order valence-electron chi connectivity index (χ4n) is 3.90. The number of benzene rings is 2. The normalized spacial score (nSPS) is 16.2. The van der Waals surface area contributed by atoms with Crippen LogP contribution < -0.4 is 10.0 Å². The number of rotatable bonds is 6. The Morgan fingerprint density at radius 1 is 1.03 bits per heavy atom. The molecule has 0 bridgehead atoms. The summed E-state index contributed by atoms with van der Waals surface area (Å²) in [6.07, 6.45) is 5.15. The molecule has 1 fully saturated rings. The lowest BCUT2D eigenvalue weighted by atomic mass is 9.68. The minimum Gasteiger partial charge on any atom is -0.351 e. The summed E-state index contributed by atoms with van der Waals surface area (Å²) in [5.74, 6) is -1.36. The van der Waals surface area contributed by atoms with E-state index in [4.69, 9.17) is 0 Å². The van der Waals surface area contributed by atoms with Crippen molar-refractivity contribution < 1.29 is 22.0 Å². The van der Waals surface area contributed by atoms with Crippen molar-refractivity contribution in [2.24, 2.45) is 0 Å². The van der Waals surface area contributed by atoms with Crippen molar-refractivity contribution in [3.63, 3.8) is 0 Å². The Hall–Kier alpha value is -2.48. The predicted octanol–water partition coefficient (Wildman–Crippen LogP) is 3.85. The van der Waals surface area contributed by atoms with Gasteiger partial charge in [-0.1, -0.05) is 31.4 Å². The molecule has 156 valence electrons. The minimum absolute atomic E-state index is 0.0945. The molecule has 0 aromatic heterocycles. The van der Waals surface area contributed by atoms with Crippen LogP contribution in [0.25, 0.3) is 0 Å². The third-order valence-corrected chi connectivity index (χ3v) is 5.94. The van der Waals surface area contributed by atoms with Gasteiger partial charge in [-0.15, -0.1) is 0 Å². The van der Waals surface area contributed by atoms with E-state index in [0.29, 0.717) is 18.5 Å². The molecule has 0 aliphatic heterocycles. The SMILES string of the molecule is CS(=O)(=O)Nc1ccc(C2(C(=O)NCc3cc(F)ccc3F)CCCCC2)cc1. The summed E-state index contributed by atoms with van der Waals surface area (Å²) in [7, 11) is -3.39. The zero-order valence-corrected chi connectivity index (χ0v) is 17.0. The van der Waals surface area contributed by atoms with Crippen molar-refractivity contribution in [1.82, 2.24) is 5.32 Å². The molecule has 29 heavy (non-hydrogen) atoms. The van der Waals surface area contributed by atoms with Gasteiger partial charge in [-0.05, 0) is 48.7 Å². The van der Waals surface area contributed by atoms with Crippen molar-refractivity contribution in [3.05, 3.63) is 65.2 Å². The average molecular weight is 422 g/mol. The molecule has 1 aliphatic carbocycles. The second-order valence-corrected chi connectivity index (χ2v) is 9.26. The van der Waals surface area contributed by atoms with Gasteiger partial charge in [0, 0.05) is 17.8 Å². The highest BCUT2D eigenvalue weighted by atomic mass is 32.2. The van der Waals surface area contributed by atoms with Crippen LogP contribution in [-0.4, -0.2) is 20.6 Å². The maximum absolute atomic E-state index is 13.9. The first-order valence-corrected chi connectivity index (χ1v) is 11.4. The largest absolute Gasteiger partial charge is 0.351 e. The predicted molar refractivity (Wildman–Crippen MR) is 108 cm³/mol. The quantitative estimate of drug-likeness (QED) is 0.742. The molecule has 0 saturated heterocycles. The molecule has 1 amide bonds. The lowest BCUT2D eigenvalue weighted by Gasteiger charge is -2.36. The molecule has 0 radical (unpaired) electrons. The van der Waals surface area contributed by atoms with Gasteiger partial charge in [-0.25, -0.2) is 17.2 Å². The van der Waals surface area contributed by atoms with Crippen LogP contribution in [0.5, 0.6) is 0 Å². The van der Waals surface area contributed by atoms with Gasteiger partial charge in [-0.2, -0.15) is 0 Å². The number of amides is 1. The van der Waals surface area contributed by atoms with Crippen LogP contribution in [0.1, 0.15) is 43.2 Å². The molecule has 1 saturated carbocycles. The summed E-state index contributed by atoms with van der Waals surface area (Å²) < 4.78 is 52.5. The molecule has 0 unspecified atom stereocenters. The van der Waals surface area contributed by atoms with E-state index in [0.717, 1.165) is 49.3 Å². The van der Waals surface area contributed by atoms with E-state index in [-0.39, 0.29) is 18.0 Å². The summed E-state index contributed by atoms with van der Waals surface area (Å²) in [6.45, 7) is -0.0993. The van der Waals surface area contributed by atoms with Crippen molar-refractivity contribution in [2.45, 2.75) is 44.1 Å². The number of nitrogens with one attached hydrogen (secondary N) is 2. The van der Waals surface area contributed by atoms with E-state index in [1.54, 1.807) is 24.3 Å². The van der Waals surface area contributed by atoms with Crippen LogP contribution in [0, 0.1) is 11.6 Å². The highest BCUT2D eigenvalue weighted by molar-refractivity contribution is 7.92. The van der Waals surface area contributed by atoms with E-state index < -0.39 is 27.1 Å². The average Bonchev–Trinajstić information content (AvgIpc) is 2.68. The zero-order chi connectivity index (χ0) is 21.1. The third-order valence-electron chi connectivity index (χ3n) is 5.33. The summed E-state index contributed by atoms with van der Waals surface area (Å²) in [5, 5.41) is 2.77. The van der Waals surface area contributed by atoms with Gasteiger partial charge in [0.25, 0.3) is 0 Å². The molecule has 2 N–H and O–H groups in total. The zero-order valence-electron chi connectivity index (χ0n) is 16.2. The van der Waals surface area contributed by atoms with E-state index in [9.17, 15) is 22.0 Å². The van der Waals surface area contributed by atoms with Gasteiger partial charge < -0.3 is 5.32 Å². The molecule has 0 heterocycles. The minimum atomic E-state index is -3.39. The molecule has 1 aliphatic rings. The molecule has 8 heteroatoms. The number of sulfonamides is 1. The van der Waals surface area contributed by atoms with Crippen LogP contribution in [0.3, 0.4) is 0 Å². The summed E-state index contributed by atoms with van der Waals surface area (Å²) in [4.78, 5) is 13.2. The molecule has 5 nitrogen and oxygen atoms in total. The Balaban J connectivity index is 1.82. The van der Waals surface area contributed by atoms with Crippen LogP contribution >= 0.6 is 0 Å². The summed E-state index contributed by atoms with van der Waals surface area (Å²) >= 11 is 0. The van der Waals surface area contributed by atoms with Crippen LogP contribution in [-0.2, 0) is 26.8 Å². The Kier molecular flexibility index (Phi) is 6.21. The van der Waals surface area contributed by atoms with Crippen LogP contribution in [0.15, 0.2) is 42.5 Å². The topological polar surface area (TPSA) is 75.3 Å². The van der Waals surface area contributed by atoms with Gasteiger partial charge in [0.1, 0.15) is 11.6 Å². The van der Waals surface area contributed by atoms with Gasteiger partial charge in [0.05, 0.1) is 11.7 Å². The van der Waals surface area contributed by atoms with Crippen molar-refractivity contribution in [1.29, 1.82) is 0 Å². The monoisotopic (exact) mass is 422 g/mol. The summed E-state index contributed by atoms with van der Waals surface area (Å²) in [5.41, 5.74) is 0.529. The maximum Gasteiger partial charge on any atom is 0.230 e. The Bertz CT molecular complexity index is 985. The molecule has 2 aromatic rings. The van der Waals surface area contributed by atoms with Crippen molar-refractivity contribution in [3.8, 4) is 0 Å². The Labute approximate surface area is 169 Å². The smallest absolute Gasteiger partial charge is 0.230 e. The Morgan fingerprint density at radius 3 is 2.31 bits per heavy atom. The first-order valence-electron chi connectivity index (χ1n) is 9.50. The van der Waals surface area contributed by atoms with Crippen LogP contribution in [0.4, 0.5) is 14.5 Å². The van der Waals surface area contributed by atoms with Crippen molar-refractivity contribution >= 4 is 21.6 Å². The highest BCUT2D eigenvalue weighted by Crippen LogP contribution is 2.40. The van der Waals surface area contributed by atoms with E-state index >= 15 is 0 Å². The fourth-order valence-corrected chi connectivity index (χ4v) is 4.46. The maximum atomic E-state index is 13.9. The molecule has 0 atom stereocenters. The molecular formula is C21H24F2N2O3S. The number of hydrogen-bond donors (Lipinski definition) is 2. The van der Waals surface area contributed by atoms with E-state index in [1.165, 1.54) is 0 Å². The Morgan fingerprint density at radius 2 is 1.69 bits per heavy atom. The molecule has 0 spiro atoms.